The summed E-state index contributed by atoms with van der Waals surface area (Å²) < 4.78 is 68.7. The zero-order chi connectivity index (χ0) is 33.5. The van der Waals surface area contributed by atoms with Crippen molar-refractivity contribution in [2.24, 2.45) is 0 Å². The summed E-state index contributed by atoms with van der Waals surface area (Å²) in [5.74, 6) is -0.451. The SMILES string of the molecule is C=C[C@H]1CC[C@@H](c2ccc(F)cc2)N1.C=C[C@H]1CC[C@@H](c2ccc(F)cc2)N1C(=O)OC(C)(C)C.O=CC(F)(F)F.[2H]CC. The second-order valence-corrected chi connectivity index (χ2v) is 10.7. The number of amides is 1. The highest BCUT2D eigenvalue weighted by molar-refractivity contribution is 5.70. The van der Waals surface area contributed by atoms with Gasteiger partial charge in [-0.1, -0.05) is 50.2 Å². The molecular weight excluding hydrogens is 567 g/mol. The number of rotatable bonds is 4. The van der Waals surface area contributed by atoms with Gasteiger partial charge in [0.1, 0.15) is 17.2 Å². The number of hydrogen-bond acceptors (Lipinski definition) is 4. The summed E-state index contributed by atoms with van der Waals surface area (Å²) in [4.78, 5) is 22.9. The Morgan fingerprint density at radius 2 is 1.42 bits per heavy atom. The van der Waals surface area contributed by atoms with Gasteiger partial charge in [-0.25, -0.2) is 13.6 Å². The molecule has 2 aromatic rings. The van der Waals surface area contributed by atoms with Crippen molar-refractivity contribution >= 4 is 12.4 Å². The average Bonchev–Trinajstić information content (AvgIpc) is 3.61. The lowest BCUT2D eigenvalue weighted by Crippen LogP contribution is -2.40. The van der Waals surface area contributed by atoms with Crippen LogP contribution in [0.25, 0.3) is 0 Å². The highest BCUT2D eigenvalue weighted by Crippen LogP contribution is 2.37. The number of halogens is 5. The van der Waals surface area contributed by atoms with E-state index in [1.165, 1.54) is 24.3 Å². The number of alkyl halides is 3. The third kappa shape index (κ3) is 13.1. The summed E-state index contributed by atoms with van der Waals surface area (Å²) in [6.45, 7) is 15.4. The molecule has 2 saturated heterocycles. The summed E-state index contributed by atoms with van der Waals surface area (Å²) in [5, 5.41) is 3.44. The fourth-order valence-electron chi connectivity index (χ4n) is 4.57. The number of ether oxygens (including phenoxy) is 1. The molecule has 2 fully saturated rings. The van der Waals surface area contributed by atoms with Crippen molar-refractivity contribution in [2.45, 2.75) is 96.2 Å². The zero-order valence-corrected chi connectivity index (χ0v) is 25.2. The molecule has 4 rings (SSSR count). The van der Waals surface area contributed by atoms with Crippen LogP contribution in [0.5, 0.6) is 0 Å². The molecule has 2 aromatic carbocycles. The maximum absolute atomic E-state index is 13.1. The maximum atomic E-state index is 13.1. The van der Waals surface area contributed by atoms with Gasteiger partial charge < -0.3 is 10.1 Å². The van der Waals surface area contributed by atoms with Crippen molar-refractivity contribution in [2.75, 3.05) is 0 Å². The van der Waals surface area contributed by atoms with Crippen LogP contribution in [-0.4, -0.2) is 41.1 Å². The minimum atomic E-state index is -4.64. The Labute approximate surface area is 253 Å². The second-order valence-electron chi connectivity index (χ2n) is 10.7. The van der Waals surface area contributed by atoms with Gasteiger partial charge in [0.2, 0.25) is 6.29 Å². The van der Waals surface area contributed by atoms with Crippen molar-refractivity contribution in [3.63, 3.8) is 0 Å². The number of likely N-dealkylation sites (tertiary alicyclic amines) is 1. The molecule has 0 bridgehead atoms. The molecule has 43 heavy (non-hydrogen) atoms. The lowest BCUT2D eigenvalue weighted by atomic mass is 10.0. The van der Waals surface area contributed by atoms with Crippen LogP contribution in [0.2, 0.25) is 0 Å². The molecular formula is C33H43F5N2O3. The summed E-state index contributed by atoms with van der Waals surface area (Å²) >= 11 is 0. The molecule has 4 atom stereocenters. The Bertz CT molecular complexity index is 1170. The van der Waals surface area contributed by atoms with Gasteiger partial charge in [-0.3, -0.25) is 9.69 Å². The van der Waals surface area contributed by atoms with Crippen LogP contribution in [0.1, 0.15) is 84.9 Å². The number of nitrogens with one attached hydrogen (secondary N) is 1. The summed E-state index contributed by atoms with van der Waals surface area (Å²) in [7, 11) is 0. The molecule has 1 N–H and O–H groups in total. The van der Waals surface area contributed by atoms with E-state index in [2.05, 4.69) is 18.5 Å². The molecule has 10 heteroatoms. The van der Waals surface area contributed by atoms with Gasteiger partial charge in [-0.2, -0.15) is 13.2 Å². The van der Waals surface area contributed by atoms with Crippen molar-refractivity contribution in [3.05, 3.63) is 96.6 Å². The Kier molecular flexibility index (Phi) is 14.6. The Balaban J connectivity index is 0.000000360. The zero-order valence-electron chi connectivity index (χ0n) is 26.2. The largest absolute Gasteiger partial charge is 0.446 e. The van der Waals surface area contributed by atoms with E-state index in [-0.39, 0.29) is 29.8 Å². The van der Waals surface area contributed by atoms with E-state index in [1.807, 2.05) is 39.0 Å². The lowest BCUT2D eigenvalue weighted by Gasteiger charge is -2.31. The van der Waals surface area contributed by atoms with E-state index in [9.17, 15) is 26.7 Å². The van der Waals surface area contributed by atoms with Crippen LogP contribution in [0.15, 0.2) is 73.8 Å². The van der Waals surface area contributed by atoms with Gasteiger partial charge in [0.25, 0.3) is 0 Å². The summed E-state index contributed by atoms with van der Waals surface area (Å²) in [6.07, 6.45) is 1.53. The summed E-state index contributed by atoms with van der Waals surface area (Å²) in [6, 6.07) is 13.6. The van der Waals surface area contributed by atoms with Crippen LogP contribution in [-0.2, 0) is 9.53 Å². The second kappa shape index (κ2) is 17.6. The molecule has 5 nitrogen and oxygen atoms in total. The molecule has 2 aliphatic heterocycles. The van der Waals surface area contributed by atoms with E-state index in [0.717, 1.165) is 36.8 Å². The molecule has 2 aliphatic rings. The van der Waals surface area contributed by atoms with Crippen LogP contribution < -0.4 is 5.32 Å². The predicted molar refractivity (Wildman–Crippen MR) is 159 cm³/mol. The van der Waals surface area contributed by atoms with Gasteiger partial charge in [0, 0.05) is 13.5 Å². The predicted octanol–water partition coefficient (Wildman–Crippen LogP) is 9.03. The van der Waals surface area contributed by atoms with Gasteiger partial charge in [0.15, 0.2) is 0 Å². The molecule has 0 saturated carbocycles. The highest BCUT2D eigenvalue weighted by atomic mass is 19.4. The molecule has 1 amide bonds. The number of benzene rings is 2. The quantitative estimate of drug-likeness (QED) is 0.213. The minimum Gasteiger partial charge on any atom is -0.444 e. The van der Waals surface area contributed by atoms with E-state index < -0.39 is 18.1 Å². The monoisotopic (exact) mass is 611 g/mol. The Morgan fingerprint density at radius 3 is 1.81 bits per heavy atom. The molecule has 0 aliphatic carbocycles. The van der Waals surface area contributed by atoms with E-state index >= 15 is 0 Å². The molecule has 238 valence electrons. The van der Waals surface area contributed by atoms with Crippen molar-refractivity contribution < 1.29 is 37.6 Å². The molecule has 0 unspecified atom stereocenters. The average molecular weight is 612 g/mol. The number of aldehydes is 1. The highest BCUT2D eigenvalue weighted by Gasteiger charge is 2.38. The summed E-state index contributed by atoms with van der Waals surface area (Å²) in [5.41, 5.74) is 1.54. The first-order valence-corrected chi connectivity index (χ1v) is 13.9. The van der Waals surface area contributed by atoms with Crippen molar-refractivity contribution in [3.8, 4) is 0 Å². The third-order valence-electron chi connectivity index (χ3n) is 6.43. The van der Waals surface area contributed by atoms with Gasteiger partial charge in [0.05, 0.1) is 12.1 Å². The standard InChI is InChI=1S/C17H22FNO2.C12H14FN.C2HF3O.C2H6/c1-5-14-10-11-15(12-6-8-13(18)9-7-12)19(14)16(20)21-17(2,3)4;1-2-11-7-8-12(14-11)9-3-5-10(13)6-4-9;3-2(4,5)1-6;1-2/h5-9,14-15H,1,10-11H2,2-4H3;2-6,11-12,14H,1,7-8H2;1H;1-2H3/t14-,15-;11-,12-;;/m00../s1/i;;;1D. The Hall–Kier alpha value is -3.53. The van der Waals surface area contributed by atoms with Gasteiger partial charge in [-0.05, 0) is 81.8 Å². The van der Waals surface area contributed by atoms with Crippen LogP contribution in [0, 0.1) is 11.6 Å². The van der Waals surface area contributed by atoms with Gasteiger partial charge in [-0.15, -0.1) is 13.2 Å². The number of hydrogen-bond donors (Lipinski definition) is 1. The lowest BCUT2D eigenvalue weighted by molar-refractivity contribution is -0.156. The van der Waals surface area contributed by atoms with E-state index in [0.29, 0.717) is 19.0 Å². The fraction of sp³-hybridized carbons (Fsp3) is 0.455. The molecule has 0 spiro atoms. The maximum Gasteiger partial charge on any atom is 0.446 e. The third-order valence-corrected chi connectivity index (χ3v) is 6.43. The molecule has 0 radical (unpaired) electrons. The smallest absolute Gasteiger partial charge is 0.444 e. The first-order chi connectivity index (χ1) is 20.6. The number of carbonyl (C=O) groups is 2. The van der Waals surface area contributed by atoms with Crippen molar-refractivity contribution in [1.82, 2.24) is 10.2 Å². The topological polar surface area (TPSA) is 58.6 Å². The van der Waals surface area contributed by atoms with Crippen molar-refractivity contribution in [1.29, 1.82) is 0 Å². The normalized spacial score (nSPS) is 21.4. The number of carbonyl (C=O) groups excluding carboxylic acids is 2. The van der Waals surface area contributed by atoms with Crippen LogP contribution in [0.3, 0.4) is 0 Å². The number of nitrogens with zero attached hydrogens (tertiary/aromatic N) is 1. The van der Waals surface area contributed by atoms with Crippen LogP contribution in [0.4, 0.5) is 26.7 Å². The van der Waals surface area contributed by atoms with Crippen LogP contribution >= 0.6 is 0 Å². The van der Waals surface area contributed by atoms with E-state index in [1.54, 1.807) is 30.0 Å². The minimum absolute atomic E-state index is 0.0464. The Morgan fingerprint density at radius 1 is 0.930 bits per heavy atom. The first-order valence-electron chi connectivity index (χ1n) is 14.6. The molecule has 0 aromatic heterocycles. The van der Waals surface area contributed by atoms with Gasteiger partial charge >= 0.3 is 12.3 Å². The van der Waals surface area contributed by atoms with E-state index in [4.69, 9.17) is 10.9 Å². The first kappa shape index (κ1) is 35.7. The fourth-order valence-corrected chi connectivity index (χ4v) is 4.57. The molecule has 2 heterocycles.